The Hall–Kier alpha value is -2.77. The van der Waals surface area contributed by atoms with Gasteiger partial charge in [-0.1, -0.05) is 44.2 Å². The third kappa shape index (κ3) is 8.94. The van der Waals surface area contributed by atoms with E-state index in [1.165, 1.54) is 7.11 Å². The second kappa shape index (κ2) is 11.8. The molecule has 0 unspecified atom stereocenters. The zero-order valence-corrected chi connectivity index (χ0v) is 16.3. The number of urea groups is 1. The van der Waals surface area contributed by atoms with Crippen LogP contribution in [0, 0.1) is 5.92 Å². The Balaban J connectivity index is 2.77. The smallest absolute Gasteiger partial charge is 0.408 e. The van der Waals surface area contributed by atoms with E-state index in [1.54, 1.807) is 6.92 Å². The number of carbonyl (C=O) groups excluding carboxylic acids is 3. The van der Waals surface area contributed by atoms with Crippen LogP contribution in [0.25, 0.3) is 0 Å². The van der Waals surface area contributed by atoms with Gasteiger partial charge in [-0.05, 0) is 24.8 Å². The molecule has 1 aromatic carbocycles. The van der Waals surface area contributed by atoms with Crippen molar-refractivity contribution in [2.75, 3.05) is 13.7 Å². The van der Waals surface area contributed by atoms with Crippen molar-refractivity contribution in [3.8, 4) is 0 Å². The van der Waals surface area contributed by atoms with Crippen LogP contribution in [0.5, 0.6) is 0 Å². The van der Waals surface area contributed by atoms with Crippen LogP contribution in [0.4, 0.5) is 9.59 Å². The summed E-state index contributed by atoms with van der Waals surface area (Å²) in [5, 5.41) is 7.88. The monoisotopic (exact) mass is 379 g/mol. The van der Waals surface area contributed by atoms with E-state index in [0.29, 0.717) is 12.8 Å². The van der Waals surface area contributed by atoms with Crippen molar-refractivity contribution in [2.45, 2.75) is 45.8 Å². The minimum atomic E-state index is -0.769. The molecule has 1 rings (SSSR count). The van der Waals surface area contributed by atoms with E-state index in [0.717, 1.165) is 5.56 Å². The molecule has 0 bridgehead atoms. The number of benzene rings is 1. The number of ether oxygens (including phenoxy) is 2. The highest BCUT2D eigenvalue weighted by molar-refractivity contribution is 5.83. The SMILES string of the molecule is CCOC(=O)N[C@@H](Cc1ccccc1)NC(=O)N[C@@H](CC(C)C)C(=O)OC. The number of esters is 1. The van der Waals surface area contributed by atoms with Crippen molar-refractivity contribution < 1.29 is 23.9 Å². The van der Waals surface area contributed by atoms with Crippen molar-refractivity contribution in [3.05, 3.63) is 35.9 Å². The molecule has 27 heavy (non-hydrogen) atoms. The van der Waals surface area contributed by atoms with Gasteiger partial charge in [-0.3, -0.25) is 0 Å². The molecule has 0 heterocycles. The van der Waals surface area contributed by atoms with Gasteiger partial charge in [-0.25, -0.2) is 14.4 Å². The van der Waals surface area contributed by atoms with Crippen molar-refractivity contribution in [2.24, 2.45) is 5.92 Å². The number of methoxy groups -OCH3 is 1. The second-order valence-corrected chi connectivity index (χ2v) is 6.43. The molecule has 2 atom stereocenters. The fourth-order valence-corrected chi connectivity index (χ4v) is 2.49. The van der Waals surface area contributed by atoms with Crippen molar-refractivity contribution >= 4 is 18.1 Å². The summed E-state index contributed by atoms with van der Waals surface area (Å²) in [5.41, 5.74) is 0.922. The first kappa shape index (κ1) is 22.3. The molecule has 0 aliphatic rings. The van der Waals surface area contributed by atoms with Gasteiger partial charge in [0.15, 0.2) is 0 Å². The van der Waals surface area contributed by atoms with Crippen molar-refractivity contribution in [3.63, 3.8) is 0 Å². The maximum Gasteiger partial charge on any atom is 0.408 e. The molecule has 0 spiro atoms. The van der Waals surface area contributed by atoms with Gasteiger partial charge in [0, 0.05) is 6.42 Å². The summed E-state index contributed by atoms with van der Waals surface area (Å²) in [6, 6.07) is 8.04. The molecule has 0 aromatic heterocycles. The van der Waals surface area contributed by atoms with Gasteiger partial charge in [0.05, 0.1) is 13.7 Å². The lowest BCUT2D eigenvalue weighted by Gasteiger charge is -2.23. The number of alkyl carbamates (subject to hydrolysis) is 1. The molecule has 3 N–H and O–H groups in total. The number of hydrogen-bond acceptors (Lipinski definition) is 5. The highest BCUT2D eigenvalue weighted by atomic mass is 16.5. The number of carbonyl (C=O) groups is 3. The third-order valence-corrected chi connectivity index (χ3v) is 3.65. The van der Waals surface area contributed by atoms with Crippen LogP contribution in [0.2, 0.25) is 0 Å². The molecule has 8 nitrogen and oxygen atoms in total. The van der Waals surface area contributed by atoms with Crippen LogP contribution in [0.1, 0.15) is 32.8 Å². The largest absolute Gasteiger partial charge is 0.467 e. The Kier molecular flexibility index (Phi) is 9.71. The minimum absolute atomic E-state index is 0.187. The fraction of sp³-hybridized carbons (Fsp3) is 0.526. The summed E-state index contributed by atoms with van der Waals surface area (Å²) < 4.78 is 9.63. The van der Waals surface area contributed by atoms with Crippen LogP contribution in [-0.4, -0.2) is 44.0 Å². The van der Waals surface area contributed by atoms with Gasteiger partial charge >= 0.3 is 18.1 Å². The first-order valence-electron chi connectivity index (χ1n) is 8.97. The van der Waals surface area contributed by atoms with Crippen molar-refractivity contribution in [1.82, 2.24) is 16.0 Å². The Bertz CT molecular complexity index is 607. The van der Waals surface area contributed by atoms with Crippen LogP contribution in [-0.2, 0) is 20.7 Å². The van der Waals surface area contributed by atoms with Crippen LogP contribution >= 0.6 is 0 Å². The van der Waals surface area contributed by atoms with Crippen molar-refractivity contribution in [1.29, 1.82) is 0 Å². The summed E-state index contributed by atoms with van der Waals surface area (Å²) in [6.07, 6.45) is -0.538. The van der Waals surface area contributed by atoms with Crippen LogP contribution < -0.4 is 16.0 Å². The molecule has 0 saturated carbocycles. The summed E-state index contributed by atoms with van der Waals surface area (Å²) in [5.74, 6) is -0.330. The van der Waals surface area contributed by atoms with E-state index in [9.17, 15) is 14.4 Å². The first-order chi connectivity index (χ1) is 12.8. The van der Waals surface area contributed by atoms with Gasteiger partial charge in [0.1, 0.15) is 12.2 Å². The molecule has 0 aliphatic carbocycles. The molecule has 8 heteroatoms. The van der Waals surface area contributed by atoms with E-state index in [2.05, 4.69) is 16.0 Å². The Labute approximate surface area is 160 Å². The number of hydrogen-bond donors (Lipinski definition) is 3. The van der Waals surface area contributed by atoms with Gasteiger partial charge in [-0.2, -0.15) is 0 Å². The zero-order chi connectivity index (χ0) is 20.2. The highest BCUT2D eigenvalue weighted by Gasteiger charge is 2.24. The molecular weight excluding hydrogens is 350 g/mol. The lowest BCUT2D eigenvalue weighted by molar-refractivity contribution is -0.143. The van der Waals surface area contributed by atoms with E-state index in [-0.39, 0.29) is 12.5 Å². The third-order valence-electron chi connectivity index (χ3n) is 3.65. The van der Waals surface area contributed by atoms with Gasteiger partial charge < -0.3 is 25.4 Å². The van der Waals surface area contributed by atoms with E-state index >= 15 is 0 Å². The second-order valence-electron chi connectivity index (χ2n) is 6.43. The molecule has 3 amide bonds. The van der Waals surface area contributed by atoms with E-state index in [1.807, 2.05) is 44.2 Å². The predicted octanol–water partition coefficient (Wildman–Crippen LogP) is 2.19. The fourth-order valence-electron chi connectivity index (χ4n) is 2.49. The highest BCUT2D eigenvalue weighted by Crippen LogP contribution is 2.07. The molecule has 0 radical (unpaired) electrons. The zero-order valence-electron chi connectivity index (χ0n) is 16.3. The summed E-state index contributed by atoms with van der Waals surface area (Å²) in [7, 11) is 1.27. The topological polar surface area (TPSA) is 106 Å². The maximum atomic E-state index is 12.4. The van der Waals surface area contributed by atoms with Gasteiger partial charge in [0.2, 0.25) is 0 Å². The number of amides is 3. The standard InChI is InChI=1S/C19H29N3O5/c1-5-27-19(25)22-16(12-14-9-7-6-8-10-14)21-18(24)20-15(11-13(2)3)17(23)26-4/h6-10,13,15-16H,5,11-12H2,1-4H3,(H,22,25)(H2,20,21,24)/t15-,16-/m0/s1. The average molecular weight is 379 g/mol. The average Bonchev–Trinajstić information content (AvgIpc) is 2.61. The molecule has 0 fully saturated rings. The Morgan fingerprint density at radius 1 is 1.04 bits per heavy atom. The predicted molar refractivity (Wildman–Crippen MR) is 101 cm³/mol. The quantitative estimate of drug-likeness (QED) is 0.450. The summed E-state index contributed by atoms with van der Waals surface area (Å²) >= 11 is 0. The first-order valence-corrected chi connectivity index (χ1v) is 8.97. The van der Waals surface area contributed by atoms with Gasteiger partial charge in [-0.15, -0.1) is 0 Å². The van der Waals surface area contributed by atoms with Crippen LogP contribution in [0.15, 0.2) is 30.3 Å². The lowest BCUT2D eigenvalue weighted by atomic mass is 10.0. The molecule has 150 valence electrons. The normalized spacial score (nSPS) is 12.6. The number of rotatable bonds is 9. The molecular formula is C19H29N3O5. The minimum Gasteiger partial charge on any atom is -0.467 e. The molecule has 0 saturated heterocycles. The van der Waals surface area contributed by atoms with E-state index in [4.69, 9.17) is 9.47 Å². The van der Waals surface area contributed by atoms with E-state index < -0.39 is 30.3 Å². The molecule has 1 aromatic rings. The number of nitrogens with one attached hydrogen (secondary N) is 3. The van der Waals surface area contributed by atoms with Crippen LogP contribution in [0.3, 0.4) is 0 Å². The molecule has 0 aliphatic heterocycles. The van der Waals surface area contributed by atoms with Gasteiger partial charge in [0.25, 0.3) is 0 Å². The summed E-state index contributed by atoms with van der Waals surface area (Å²) in [6.45, 7) is 5.79. The Morgan fingerprint density at radius 2 is 1.70 bits per heavy atom. The maximum absolute atomic E-state index is 12.4. The summed E-state index contributed by atoms with van der Waals surface area (Å²) in [4.78, 5) is 36.0. The Morgan fingerprint density at radius 3 is 2.26 bits per heavy atom. The lowest BCUT2D eigenvalue weighted by Crippen LogP contribution is -2.55.